The summed E-state index contributed by atoms with van der Waals surface area (Å²) in [6, 6.07) is 19.8. The Hall–Kier alpha value is -3.85. The van der Waals surface area contributed by atoms with Crippen LogP contribution in [0, 0.1) is 11.3 Å². The average molecular weight is 358 g/mol. The van der Waals surface area contributed by atoms with Crippen LogP contribution in [0.1, 0.15) is 23.0 Å². The molecule has 1 aromatic heterocycles. The van der Waals surface area contributed by atoms with E-state index in [4.69, 9.17) is 10.00 Å². The summed E-state index contributed by atoms with van der Waals surface area (Å²) >= 11 is 0. The molecule has 0 aliphatic carbocycles. The number of ether oxygens (including phenoxy) is 1. The number of carbonyl (C=O) groups excluding carboxylic acids is 1. The molecular weight excluding hydrogens is 340 g/mol. The van der Waals surface area contributed by atoms with E-state index >= 15 is 0 Å². The molecule has 0 spiro atoms. The first-order chi connectivity index (χ1) is 13.2. The van der Waals surface area contributed by atoms with E-state index in [0.29, 0.717) is 29.3 Å². The Morgan fingerprint density at radius 1 is 1.11 bits per heavy atom. The van der Waals surface area contributed by atoms with Gasteiger partial charge in [-0.05, 0) is 49.4 Å². The van der Waals surface area contributed by atoms with Crippen molar-refractivity contribution in [2.24, 2.45) is 0 Å². The van der Waals surface area contributed by atoms with E-state index in [-0.39, 0.29) is 11.6 Å². The number of nitrogens with one attached hydrogen (secondary N) is 2. The van der Waals surface area contributed by atoms with E-state index in [0.717, 1.165) is 5.69 Å². The molecule has 3 aromatic rings. The summed E-state index contributed by atoms with van der Waals surface area (Å²) < 4.78 is 5.52. The van der Waals surface area contributed by atoms with Gasteiger partial charge in [0.2, 0.25) is 0 Å². The third-order valence-electron chi connectivity index (χ3n) is 3.71. The van der Waals surface area contributed by atoms with Crippen LogP contribution in [0.2, 0.25) is 0 Å². The van der Waals surface area contributed by atoms with Crippen molar-refractivity contribution in [3.63, 3.8) is 0 Å². The minimum Gasteiger partial charge on any atom is -0.492 e. The topological polar surface area (TPSA) is 87.0 Å². The molecule has 27 heavy (non-hydrogen) atoms. The second-order valence-electron chi connectivity index (χ2n) is 5.63. The number of aromatic nitrogens is 1. The van der Waals surface area contributed by atoms with Crippen LogP contribution in [0.25, 0.3) is 0 Å². The highest BCUT2D eigenvalue weighted by Gasteiger charge is 2.11. The lowest BCUT2D eigenvalue weighted by molar-refractivity contribution is 0.102. The molecule has 0 aliphatic heterocycles. The van der Waals surface area contributed by atoms with Crippen LogP contribution < -0.4 is 15.4 Å². The van der Waals surface area contributed by atoms with Crippen LogP contribution in [0.5, 0.6) is 5.75 Å². The zero-order valence-corrected chi connectivity index (χ0v) is 14.8. The van der Waals surface area contributed by atoms with Gasteiger partial charge >= 0.3 is 0 Å². The predicted octanol–water partition coefficient (Wildman–Crippen LogP) is 4.35. The fraction of sp³-hybridized carbons (Fsp3) is 0.0952. The maximum Gasteiger partial charge on any atom is 0.274 e. The van der Waals surface area contributed by atoms with Crippen molar-refractivity contribution in [2.75, 3.05) is 17.2 Å². The van der Waals surface area contributed by atoms with E-state index in [1.165, 1.54) is 0 Å². The van der Waals surface area contributed by atoms with Crippen LogP contribution in [0.4, 0.5) is 17.1 Å². The Labute approximate surface area is 157 Å². The van der Waals surface area contributed by atoms with Gasteiger partial charge in [0.1, 0.15) is 11.4 Å². The fourth-order valence-corrected chi connectivity index (χ4v) is 2.50. The maximum absolute atomic E-state index is 12.6. The highest BCUT2D eigenvalue weighted by molar-refractivity contribution is 6.04. The van der Waals surface area contributed by atoms with Crippen LogP contribution >= 0.6 is 0 Å². The molecule has 0 aliphatic rings. The van der Waals surface area contributed by atoms with Gasteiger partial charge < -0.3 is 15.4 Å². The number of rotatable bonds is 6. The second kappa shape index (κ2) is 8.50. The van der Waals surface area contributed by atoms with Crippen molar-refractivity contribution in [3.8, 4) is 11.8 Å². The summed E-state index contributed by atoms with van der Waals surface area (Å²) in [5.41, 5.74) is 2.87. The summed E-state index contributed by atoms with van der Waals surface area (Å²) in [7, 11) is 0. The molecule has 2 N–H and O–H groups in total. The summed E-state index contributed by atoms with van der Waals surface area (Å²) in [5.74, 6) is 0.271. The molecule has 0 radical (unpaired) electrons. The Bertz CT molecular complexity index is 995. The van der Waals surface area contributed by atoms with E-state index < -0.39 is 0 Å². The van der Waals surface area contributed by atoms with Gasteiger partial charge in [-0.25, -0.2) is 0 Å². The molecule has 6 heteroatoms. The lowest BCUT2D eigenvalue weighted by Gasteiger charge is -2.12. The van der Waals surface area contributed by atoms with Crippen LogP contribution in [0.15, 0.2) is 66.9 Å². The molecule has 1 amide bonds. The smallest absolute Gasteiger partial charge is 0.274 e. The summed E-state index contributed by atoms with van der Waals surface area (Å²) in [6.45, 7) is 2.39. The molecule has 0 saturated carbocycles. The molecule has 3 rings (SSSR count). The Kier molecular flexibility index (Phi) is 5.65. The summed E-state index contributed by atoms with van der Waals surface area (Å²) in [5, 5.41) is 15.0. The van der Waals surface area contributed by atoms with Gasteiger partial charge in [-0.2, -0.15) is 5.26 Å². The zero-order valence-electron chi connectivity index (χ0n) is 14.8. The number of pyridine rings is 1. The first-order valence-electron chi connectivity index (χ1n) is 8.46. The first kappa shape index (κ1) is 18.0. The molecule has 2 aromatic carbocycles. The van der Waals surface area contributed by atoms with Crippen LogP contribution in [-0.2, 0) is 0 Å². The summed E-state index contributed by atoms with van der Waals surface area (Å²) in [4.78, 5) is 16.7. The van der Waals surface area contributed by atoms with Crippen molar-refractivity contribution in [1.82, 2.24) is 4.98 Å². The van der Waals surface area contributed by atoms with E-state index in [9.17, 15) is 4.79 Å². The fourth-order valence-electron chi connectivity index (χ4n) is 2.50. The quantitative estimate of drug-likeness (QED) is 0.684. The number of para-hydroxylation sites is 2. The van der Waals surface area contributed by atoms with Crippen LogP contribution in [0.3, 0.4) is 0 Å². The van der Waals surface area contributed by atoms with Gasteiger partial charge in [-0.1, -0.05) is 18.2 Å². The highest BCUT2D eigenvalue weighted by Crippen LogP contribution is 2.24. The van der Waals surface area contributed by atoms with Gasteiger partial charge in [-0.15, -0.1) is 0 Å². The van der Waals surface area contributed by atoms with Gasteiger partial charge in [0.15, 0.2) is 0 Å². The molecule has 0 saturated heterocycles. The Morgan fingerprint density at radius 3 is 2.74 bits per heavy atom. The maximum atomic E-state index is 12.6. The lowest BCUT2D eigenvalue weighted by Crippen LogP contribution is -2.14. The van der Waals surface area contributed by atoms with Crippen molar-refractivity contribution >= 4 is 23.0 Å². The molecule has 0 atom stereocenters. The standard InChI is InChI=1S/C21H18N4O2/c1-2-27-20-9-4-3-8-18(20)25-21(26)19-13-17(10-11-23-19)24-16-7-5-6-15(12-16)14-22/h3-13H,2H2,1H3,(H,23,24)(H,25,26). The second-order valence-corrected chi connectivity index (χ2v) is 5.63. The monoisotopic (exact) mass is 358 g/mol. The van der Waals surface area contributed by atoms with Crippen molar-refractivity contribution in [1.29, 1.82) is 5.26 Å². The first-order valence-corrected chi connectivity index (χ1v) is 8.46. The third kappa shape index (κ3) is 4.61. The van der Waals surface area contributed by atoms with Crippen molar-refractivity contribution < 1.29 is 9.53 Å². The number of hydrogen-bond donors (Lipinski definition) is 2. The average Bonchev–Trinajstić information content (AvgIpc) is 2.70. The normalized spacial score (nSPS) is 9.93. The van der Waals surface area contributed by atoms with Crippen LogP contribution in [-0.4, -0.2) is 17.5 Å². The number of amides is 1. The number of hydrogen-bond acceptors (Lipinski definition) is 5. The number of nitriles is 1. The number of carbonyl (C=O) groups is 1. The van der Waals surface area contributed by atoms with Gasteiger partial charge in [0.25, 0.3) is 5.91 Å². The molecule has 134 valence electrons. The lowest BCUT2D eigenvalue weighted by atomic mass is 10.2. The molecule has 0 bridgehead atoms. The minimum atomic E-state index is -0.337. The molecule has 6 nitrogen and oxygen atoms in total. The molecule has 1 heterocycles. The molecular formula is C21H18N4O2. The number of nitrogens with zero attached hydrogens (tertiary/aromatic N) is 2. The van der Waals surface area contributed by atoms with Crippen molar-refractivity contribution in [2.45, 2.75) is 6.92 Å². The Balaban J connectivity index is 1.77. The predicted molar refractivity (Wildman–Crippen MR) is 104 cm³/mol. The number of benzene rings is 2. The summed E-state index contributed by atoms with van der Waals surface area (Å²) in [6.07, 6.45) is 1.56. The van der Waals surface area contributed by atoms with Gasteiger partial charge in [0, 0.05) is 17.6 Å². The zero-order chi connectivity index (χ0) is 19.1. The third-order valence-corrected chi connectivity index (χ3v) is 3.71. The van der Waals surface area contributed by atoms with Crippen molar-refractivity contribution in [3.05, 3.63) is 78.1 Å². The van der Waals surface area contributed by atoms with Gasteiger partial charge in [-0.3, -0.25) is 9.78 Å². The molecule has 0 unspecified atom stereocenters. The SMILES string of the molecule is CCOc1ccccc1NC(=O)c1cc(Nc2cccc(C#N)c2)ccn1. The largest absolute Gasteiger partial charge is 0.492 e. The van der Waals surface area contributed by atoms with E-state index in [1.807, 2.05) is 25.1 Å². The Morgan fingerprint density at radius 2 is 1.93 bits per heavy atom. The van der Waals surface area contributed by atoms with Gasteiger partial charge in [0.05, 0.1) is 23.9 Å². The number of anilines is 3. The van der Waals surface area contributed by atoms with E-state index in [1.54, 1.807) is 48.7 Å². The highest BCUT2D eigenvalue weighted by atomic mass is 16.5. The molecule has 0 fully saturated rings. The van der Waals surface area contributed by atoms with E-state index in [2.05, 4.69) is 21.7 Å². The minimum absolute atomic E-state index is 0.266.